The molecule has 0 amide bonds. The van der Waals surface area contributed by atoms with Gasteiger partial charge in [0.05, 0.1) is 9.36 Å². The zero-order chi connectivity index (χ0) is 14.5. The molecule has 1 unspecified atom stereocenters. The van der Waals surface area contributed by atoms with Crippen molar-refractivity contribution in [3.8, 4) is 0 Å². The van der Waals surface area contributed by atoms with Gasteiger partial charge in [-0.2, -0.15) is 0 Å². The van der Waals surface area contributed by atoms with Crippen molar-refractivity contribution in [3.63, 3.8) is 0 Å². The van der Waals surface area contributed by atoms with Crippen LogP contribution in [0.2, 0.25) is 9.36 Å². The van der Waals surface area contributed by atoms with Crippen LogP contribution in [0.1, 0.15) is 29.8 Å². The average molecular weight is 332 g/mol. The third-order valence-corrected chi connectivity index (χ3v) is 4.58. The number of nitrogens with one attached hydrogen (secondary N) is 1. The Labute approximate surface area is 132 Å². The first-order valence-electron chi connectivity index (χ1n) is 6.52. The Bertz CT molecular complexity index is 571. The van der Waals surface area contributed by atoms with Crippen LogP contribution >= 0.6 is 34.5 Å². The molecule has 0 aliphatic carbocycles. The maximum absolute atomic E-state index is 13.6. The Kier molecular flexibility index (Phi) is 5.85. The molecule has 1 aromatic heterocycles. The predicted octanol–water partition coefficient (Wildman–Crippen LogP) is 5.48. The van der Waals surface area contributed by atoms with Crippen molar-refractivity contribution in [1.82, 2.24) is 5.32 Å². The van der Waals surface area contributed by atoms with E-state index in [1.54, 1.807) is 17.4 Å². The molecule has 20 heavy (non-hydrogen) atoms. The SMILES string of the molecule is CCCNC(Cc1ccc(Cl)s1)c1ccc(Cl)c(F)c1. The summed E-state index contributed by atoms with van der Waals surface area (Å²) in [5, 5.41) is 3.60. The highest BCUT2D eigenvalue weighted by atomic mass is 35.5. The predicted molar refractivity (Wildman–Crippen MR) is 85.5 cm³/mol. The van der Waals surface area contributed by atoms with Crippen molar-refractivity contribution < 1.29 is 4.39 Å². The molecule has 2 aromatic rings. The van der Waals surface area contributed by atoms with Crippen molar-refractivity contribution in [3.05, 3.63) is 55.9 Å². The topological polar surface area (TPSA) is 12.0 Å². The van der Waals surface area contributed by atoms with Gasteiger partial charge in [0.1, 0.15) is 5.82 Å². The number of rotatable bonds is 6. The second-order valence-electron chi connectivity index (χ2n) is 4.59. The molecule has 2 rings (SSSR count). The van der Waals surface area contributed by atoms with E-state index in [-0.39, 0.29) is 16.9 Å². The second-order valence-corrected chi connectivity index (χ2v) is 6.80. The van der Waals surface area contributed by atoms with Gasteiger partial charge in [-0.15, -0.1) is 11.3 Å². The quantitative estimate of drug-likeness (QED) is 0.739. The van der Waals surface area contributed by atoms with Crippen molar-refractivity contribution in [2.45, 2.75) is 25.8 Å². The zero-order valence-electron chi connectivity index (χ0n) is 11.1. The third-order valence-electron chi connectivity index (χ3n) is 3.02. The summed E-state index contributed by atoms with van der Waals surface area (Å²) in [4.78, 5) is 1.18. The molecule has 0 bridgehead atoms. The lowest BCUT2D eigenvalue weighted by Crippen LogP contribution is -2.24. The first-order chi connectivity index (χ1) is 9.60. The van der Waals surface area contributed by atoms with E-state index < -0.39 is 0 Å². The summed E-state index contributed by atoms with van der Waals surface area (Å²) in [6.45, 7) is 2.99. The van der Waals surface area contributed by atoms with E-state index in [0.717, 1.165) is 29.3 Å². The summed E-state index contributed by atoms with van der Waals surface area (Å²) in [6, 6.07) is 8.95. The number of thiophene rings is 1. The Morgan fingerprint density at radius 2 is 2.05 bits per heavy atom. The van der Waals surface area contributed by atoms with Crippen molar-refractivity contribution >= 4 is 34.5 Å². The van der Waals surface area contributed by atoms with Gasteiger partial charge in [-0.05, 0) is 42.8 Å². The molecule has 1 N–H and O–H groups in total. The molecular weight excluding hydrogens is 316 g/mol. The minimum absolute atomic E-state index is 0.0661. The molecule has 0 saturated heterocycles. The number of halogens is 3. The Hall–Kier alpha value is -0.610. The molecule has 0 fully saturated rings. The minimum Gasteiger partial charge on any atom is -0.310 e. The summed E-state index contributed by atoms with van der Waals surface area (Å²) in [5.41, 5.74) is 0.907. The molecule has 0 radical (unpaired) electrons. The highest BCUT2D eigenvalue weighted by molar-refractivity contribution is 7.16. The fraction of sp³-hybridized carbons (Fsp3) is 0.333. The summed E-state index contributed by atoms with van der Waals surface area (Å²) < 4.78 is 14.4. The molecule has 1 aromatic carbocycles. The average Bonchev–Trinajstić information content (AvgIpc) is 2.83. The maximum atomic E-state index is 13.6. The van der Waals surface area contributed by atoms with Gasteiger partial charge in [0.25, 0.3) is 0 Å². The summed E-state index contributed by atoms with van der Waals surface area (Å²) in [6.07, 6.45) is 1.82. The highest BCUT2D eigenvalue weighted by Gasteiger charge is 2.14. The molecule has 5 heteroatoms. The summed E-state index contributed by atoms with van der Waals surface area (Å²) in [7, 11) is 0. The maximum Gasteiger partial charge on any atom is 0.142 e. The molecule has 0 aliphatic rings. The smallest absolute Gasteiger partial charge is 0.142 e. The molecule has 0 saturated carbocycles. The fourth-order valence-electron chi connectivity index (χ4n) is 2.02. The fourth-order valence-corrected chi connectivity index (χ4v) is 3.27. The van der Waals surface area contributed by atoms with Crippen LogP contribution in [0, 0.1) is 5.82 Å². The van der Waals surface area contributed by atoms with E-state index in [2.05, 4.69) is 12.2 Å². The van der Waals surface area contributed by atoms with E-state index in [9.17, 15) is 4.39 Å². The van der Waals surface area contributed by atoms with Crippen LogP contribution in [0.5, 0.6) is 0 Å². The lowest BCUT2D eigenvalue weighted by Gasteiger charge is -2.18. The molecule has 0 spiro atoms. The van der Waals surface area contributed by atoms with Crippen LogP contribution in [0.3, 0.4) is 0 Å². The van der Waals surface area contributed by atoms with E-state index >= 15 is 0 Å². The number of hydrogen-bond acceptors (Lipinski definition) is 2. The third kappa shape index (κ3) is 4.19. The number of hydrogen-bond donors (Lipinski definition) is 1. The number of benzene rings is 1. The van der Waals surface area contributed by atoms with Gasteiger partial charge in [-0.3, -0.25) is 0 Å². The molecule has 1 heterocycles. The molecule has 108 valence electrons. The normalized spacial score (nSPS) is 12.6. The lowest BCUT2D eigenvalue weighted by atomic mass is 10.0. The van der Waals surface area contributed by atoms with E-state index in [1.165, 1.54) is 10.9 Å². The van der Waals surface area contributed by atoms with Gasteiger partial charge in [-0.25, -0.2) is 4.39 Å². The van der Waals surface area contributed by atoms with Crippen LogP contribution in [0.4, 0.5) is 4.39 Å². The Morgan fingerprint density at radius 3 is 2.65 bits per heavy atom. The van der Waals surface area contributed by atoms with Crippen LogP contribution in [-0.2, 0) is 6.42 Å². The van der Waals surface area contributed by atoms with Crippen LogP contribution in [0.15, 0.2) is 30.3 Å². The van der Waals surface area contributed by atoms with Gasteiger partial charge in [0, 0.05) is 17.3 Å². The Morgan fingerprint density at radius 1 is 1.25 bits per heavy atom. The molecular formula is C15H16Cl2FNS. The zero-order valence-corrected chi connectivity index (χ0v) is 13.5. The summed E-state index contributed by atoms with van der Waals surface area (Å²) >= 11 is 13.3. The molecule has 1 atom stereocenters. The van der Waals surface area contributed by atoms with Gasteiger partial charge < -0.3 is 5.32 Å². The monoisotopic (exact) mass is 331 g/mol. The highest BCUT2D eigenvalue weighted by Crippen LogP contribution is 2.28. The van der Waals surface area contributed by atoms with E-state index in [1.807, 2.05) is 18.2 Å². The minimum atomic E-state index is -0.378. The standard InChI is InChI=1S/C15H16Cl2FNS/c1-2-7-19-14(9-11-4-6-15(17)20-11)10-3-5-12(16)13(18)8-10/h3-6,8,14,19H,2,7,9H2,1H3. The van der Waals surface area contributed by atoms with Gasteiger partial charge in [-0.1, -0.05) is 36.2 Å². The lowest BCUT2D eigenvalue weighted by molar-refractivity contribution is 0.527. The van der Waals surface area contributed by atoms with Crippen LogP contribution < -0.4 is 5.32 Å². The van der Waals surface area contributed by atoms with Crippen molar-refractivity contribution in [2.75, 3.05) is 6.54 Å². The van der Waals surface area contributed by atoms with E-state index in [0.29, 0.717) is 0 Å². The van der Waals surface area contributed by atoms with Gasteiger partial charge in [0.15, 0.2) is 0 Å². The van der Waals surface area contributed by atoms with Crippen molar-refractivity contribution in [2.24, 2.45) is 0 Å². The second kappa shape index (κ2) is 7.41. The summed E-state index contributed by atoms with van der Waals surface area (Å²) in [5.74, 6) is -0.378. The van der Waals surface area contributed by atoms with Crippen molar-refractivity contribution in [1.29, 1.82) is 0 Å². The largest absolute Gasteiger partial charge is 0.310 e. The molecule has 0 aliphatic heterocycles. The van der Waals surface area contributed by atoms with E-state index in [4.69, 9.17) is 23.2 Å². The first kappa shape index (κ1) is 15.8. The van der Waals surface area contributed by atoms with Gasteiger partial charge in [0.2, 0.25) is 0 Å². The van der Waals surface area contributed by atoms with Crippen LogP contribution in [-0.4, -0.2) is 6.54 Å². The van der Waals surface area contributed by atoms with Gasteiger partial charge >= 0.3 is 0 Å². The first-order valence-corrected chi connectivity index (χ1v) is 8.10. The Balaban J connectivity index is 2.19. The molecule has 1 nitrogen and oxygen atoms in total. The van der Waals surface area contributed by atoms with Crippen LogP contribution in [0.25, 0.3) is 0 Å².